The average molecular weight is 355 g/mol. The molecular weight excluding hydrogens is 335 g/mol. The van der Waals surface area contributed by atoms with Gasteiger partial charge in [-0.15, -0.1) is 0 Å². The van der Waals surface area contributed by atoms with Crippen LogP contribution in [0.25, 0.3) is 0 Å². The van der Waals surface area contributed by atoms with Crippen molar-refractivity contribution >= 4 is 5.91 Å². The maximum absolute atomic E-state index is 12.5. The van der Waals surface area contributed by atoms with Gasteiger partial charge in [0.05, 0.1) is 12.1 Å². The number of nitrogens with zero attached hydrogens (tertiary/aromatic N) is 1. The zero-order valence-corrected chi connectivity index (χ0v) is 14.3. The molecule has 0 N–H and O–H groups in total. The Morgan fingerprint density at radius 3 is 2.28 bits per heavy atom. The first-order chi connectivity index (χ1) is 11.7. The second-order valence-electron chi connectivity index (χ2n) is 5.94. The molecule has 25 heavy (non-hydrogen) atoms. The Hall–Kier alpha value is -2.44. The van der Waals surface area contributed by atoms with E-state index in [1.165, 1.54) is 12.1 Å². The number of rotatable bonds is 6. The lowest BCUT2D eigenvalue weighted by Crippen LogP contribution is -2.39. The number of halogens is 3. The minimum atomic E-state index is -4.40. The van der Waals surface area contributed by atoms with Crippen molar-refractivity contribution in [1.82, 2.24) is 4.90 Å². The SMILES string of the molecule is Cc1ccc(CN(C(=O)COc2ccc(C(F)(F)F)cc2)C(C)C)o1. The fourth-order valence-electron chi connectivity index (χ4n) is 2.26. The van der Waals surface area contributed by atoms with Crippen LogP contribution in [0.15, 0.2) is 40.8 Å². The van der Waals surface area contributed by atoms with E-state index in [1.807, 2.05) is 26.8 Å². The van der Waals surface area contributed by atoms with Gasteiger partial charge in [0.2, 0.25) is 0 Å². The highest BCUT2D eigenvalue weighted by Crippen LogP contribution is 2.30. The topological polar surface area (TPSA) is 42.7 Å². The molecule has 0 radical (unpaired) electrons. The second-order valence-corrected chi connectivity index (χ2v) is 5.94. The van der Waals surface area contributed by atoms with Crippen molar-refractivity contribution in [3.63, 3.8) is 0 Å². The lowest BCUT2D eigenvalue weighted by atomic mass is 10.2. The molecule has 1 aromatic heterocycles. The summed E-state index contributed by atoms with van der Waals surface area (Å²) in [5.74, 6) is 1.35. The number of benzene rings is 1. The summed E-state index contributed by atoms with van der Waals surface area (Å²) in [6, 6.07) is 7.79. The maximum atomic E-state index is 12.5. The number of ether oxygens (including phenoxy) is 1. The van der Waals surface area contributed by atoms with Crippen LogP contribution >= 0.6 is 0 Å². The van der Waals surface area contributed by atoms with Crippen LogP contribution in [0.4, 0.5) is 13.2 Å². The van der Waals surface area contributed by atoms with Crippen molar-refractivity contribution in [3.05, 3.63) is 53.5 Å². The van der Waals surface area contributed by atoms with E-state index in [0.29, 0.717) is 12.3 Å². The third-order valence-corrected chi connectivity index (χ3v) is 3.61. The van der Waals surface area contributed by atoms with Gasteiger partial charge in [0.25, 0.3) is 5.91 Å². The maximum Gasteiger partial charge on any atom is 0.416 e. The van der Waals surface area contributed by atoms with E-state index in [0.717, 1.165) is 17.9 Å². The summed E-state index contributed by atoms with van der Waals surface area (Å²) in [6.07, 6.45) is -4.40. The average Bonchev–Trinajstić information content (AvgIpc) is 2.95. The molecule has 0 aliphatic rings. The van der Waals surface area contributed by atoms with Gasteiger partial charge in [0.15, 0.2) is 6.61 Å². The quantitative estimate of drug-likeness (QED) is 0.770. The van der Waals surface area contributed by atoms with Gasteiger partial charge in [0, 0.05) is 6.04 Å². The van der Waals surface area contributed by atoms with Gasteiger partial charge in [-0.1, -0.05) is 0 Å². The molecule has 2 rings (SSSR count). The molecule has 1 aromatic carbocycles. The van der Waals surface area contributed by atoms with E-state index >= 15 is 0 Å². The summed E-state index contributed by atoms with van der Waals surface area (Å²) in [7, 11) is 0. The largest absolute Gasteiger partial charge is 0.484 e. The van der Waals surface area contributed by atoms with E-state index in [1.54, 1.807) is 11.0 Å². The van der Waals surface area contributed by atoms with Crippen LogP contribution in [-0.2, 0) is 17.5 Å². The Morgan fingerprint density at radius 2 is 1.80 bits per heavy atom. The standard InChI is InChI=1S/C18H20F3NO3/c1-12(2)22(10-16-7-4-13(3)25-16)17(23)11-24-15-8-5-14(6-9-15)18(19,20)21/h4-9,12H,10-11H2,1-3H3. The molecular formula is C18H20F3NO3. The lowest BCUT2D eigenvalue weighted by molar-refractivity contribution is -0.138. The van der Waals surface area contributed by atoms with Gasteiger partial charge in [-0.05, 0) is 57.2 Å². The number of hydrogen-bond donors (Lipinski definition) is 0. The zero-order valence-electron chi connectivity index (χ0n) is 14.3. The molecule has 0 fully saturated rings. The molecule has 0 saturated carbocycles. The first-order valence-corrected chi connectivity index (χ1v) is 7.81. The summed E-state index contributed by atoms with van der Waals surface area (Å²) < 4.78 is 48.4. The smallest absolute Gasteiger partial charge is 0.416 e. The molecule has 0 bridgehead atoms. The van der Waals surface area contributed by atoms with Crippen LogP contribution in [-0.4, -0.2) is 23.5 Å². The van der Waals surface area contributed by atoms with Crippen molar-refractivity contribution in [3.8, 4) is 5.75 Å². The number of amides is 1. The summed E-state index contributed by atoms with van der Waals surface area (Å²) in [6.45, 7) is 5.60. The van der Waals surface area contributed by atoms with Crippen molar-refractivity contribution < 1.29 is 27.1 Å². The first-order valence-electron chi connectivity index (χ1n) is 7.81. The summed E-state index contributed by atoms with van der Waals surface area (Å²) in [5, 5.41) is 0. The van der Waals surface area contributed by atoms with E-state index in [9.17, 15) is 18.0 Å². The molecule has 4 nitrogen and oxygen atoms in total. The van der Waals surface area contributed by atoms with Crippen molar-refractivity contribution in [1.29, 1.82) is 0 Å². The van der Waals surface area contributed by atoms with E-state index in [2.05, 4.69) is 0 Å². The van der Waals surface area contributed by atoms with Crippen molar-refractivity contribution in [2.24, 2.45) is 0 Å². The molecule has 1 amide bonds. The first kappa shape index (κ1) is 18.9. The number of furan rings is 1. The van der Waals surface area contributed by atoms with Crippen LogP contribution in [0.1, 0.15) is 30.9 Å². The molecule has 2 aromatic rings. The number of carbonyl (C=O) groups excluding carboxylic acids is 1. The molecule has 0 saturated heterocycles. The number of aryl methyl sites for hydroxylation is 1. The van der Waals surface area contributed by atoms with Crippen molar-refractivity contribution in [2.75, 3.05) is 6.61 Å². The number of alkyl halides is 3. The summed E-state index contributed by atoms with van der Waals surface area (Å²) >= 11 is 0. The van der Waals surface area contributed by atoms with Gasteiger partial charge < -0.3 is 14.1 Å². The van der Waals surface area contributed by atoms with Crippen LogP contribution < -0.4 is 4.74 Å². The lowest BCUT2D eigenvalue weighted by Gasteiger charge is -2.25. The fourth-order valence-corrected chi connectivity index (χ4v) is 2.26. The van der Waals surface area contributed by atoms with Crippen LogP contribution in [0.3, 0.4) is 0 Å². The molecule has 0 unspecified atom stereocenters. The Morgan fingerprint density at radius 1 is 1.16 bits per heavy atom. The Bertz CT molecular complexity index is 705. The minimum absolute atomic E-state index is 0.0749. The van der Waals surface area contributed by atoms with Gasteiger partial charge in [-0.25, -0.2) is 0 Å². The Kier molecular flexibility index (Phi) is 5.77. The molecule has 7 heteroatoms. The van der Waals surface area contributed by atoms with Crippen LogP contribution in [0, 0.1) is 6.92 Å². The van der Waals surface area contributed by atoms with E-state index in [-0.39, 0.29) is 24.3 Å². The molecule has 136 valence electrons. The summed E-state index contributed by atoms with van der Waals surface area (Å²) in [5.41, 5.74) is -0.761. The van der Waals surface area contributed by atoms with Gasteiger partial charge in [-0.2, -0.15) is 13.2 Å². The highest BCUT2D eigenvalue weighted by molar-refractivity contribution is 5.78. The molecule has 0 atom stereocenters. The van der Waals surface area contributed by atoms with Gasteiger partial charge in [-0.3, -0.25) is 4.79 Å². The minimum Gasteiger partial charge on any atom is -0.484 e. The third kappa shape index (κ3) is 5.27. The zero-order chi connectivity index (χ0) is 18.6. The number of hydrogen-bond acceptors (Lipinski definition) is 3. The van der Waals surface area contributed by atoms with Gasteiger partial charge >= 0.3 is 6.18 Å². The highest BCUT2D eigenvalue weighted by atomic mass is 19.4. The van der Waals surface area contributed by atoms with Crippen LogP contribution in [0.5, 0.6) is 5.75 Å². The number of carbonyl (C=O) groups is 1. The van der Waals surface area contributed by atoms with Gasteiger partial charge in [0.1, 0.15) is 17.3 Å². The highest BCUT2D eigenvalue weighted by Gasteiger charge is 2.30. The summed E-state index contributed by atoms with van der Waals surface area (Å²) in [4.78, 5) is 14.0. The molecule has 1 heterocycles. The normalized spacial score (nSPS) is 11.6. The predicted molar refractivity (Wildman–Crippen MR) is 86.1 cm³/mol. The van der Waals surface area contributed by atoms with Crippen molar-refractivity contribution in [2.45, 2.75) is 39.5 Å². The fraction of sp³-hybridized carbons (Fsp3) is 0.389. The third-order valence-electron chi connectivity index (χ3n) is 3.61. The van der Waals surface area contributed by atoms with E-state index in [4.69, 9.17) is 9.15 Å². The Labute approximate surface area is 144 Å². The molecule has 0 aliphatic heterocycles. The Balaban J connectivity index is 1.96. The second kappa shape index (κ2) is 7.63. The van der Waals surface area contributed by atoms with Crippen LogP contribution in [0.2, 0.25) is 0 Å². The van der Waals surface area contributed by atoms with E-state index < -0.39 is 11.7 Å². The molecule has 0 spiro atoms. The predicted octanol–water partition coefficient (Wildman–Crippen LogP) is 4.42. The molecule has 0 aliphatic carbocycles. The monoisotopic (exact) mass is 355 g/mol.